The Balaban J connectivity index is 1.65. The van der Waals surface area contributed by atoms with E-state index >= 15 is 0 Å². The highest BCUT2D eigenvalue weighted by Gasteiger charge is 2.34. The number of rotatable bonds is 6. The molecule has 5 heteroatoms. The van der Waals surface area contributed by atoms with E-state index in [2.05, 4.69) is 41.9 Å². The minimum absolute atomic E-state index is 0.349. The molecule has 3 rings (SSSR count). The summed E-state index contributed by atoms with van der Waals surface area (Å²) < 4.78 is 5.62. The lowest BCUT2D eigenvalue weighted by Crippen LogP contribution is -2.41. The van der Waals surface area contributed by atoms with Gasteiger partial charge in [-0.2, -0.15) is 0 Å². The highest BCUT2D eigenvalue weighted by Crippen LogP contribution is 2.39. The summed E-state index contributed by atoms with van der Waals surface area (Å²) in [7, 11) is 0. The fourth-order valence-corrected chi connectivity index (χ4v) is 4.77. The fraction of sp³-hybridized carbons (Fsp3) is 0.810. The van der Waals surface area contributed by atoms with Crippen LogP contribution >= 0.6 is 0 Å². The number of aryl methyl sites for hydroxylation is 1. The molecule has 26 heavy (non-hydrogen) atoms. The summed E-state index contributed by atoms with van der Waals surface area (Å²) >= 11 is 0. The number of likely N-dealkylation sites (tertiary alicyclic amines) is 1. The first-order valence-corrected chi connectivity index (χ1v) is 10.3. The van der Waals surface area contributed by atoms with Crippen LogP contribution in [-0.4, -0.2) is 46.4 Å². The van der Waals surface area contributed by atoms with Gasteiger partial charge >= 0.3 is 0 Å². The molecular weight excluding hydrogens is 326 g/mol. The molecule has 2 aliphatic rings. The lowest BCUT2D eigenvalue weighted by molar-refractivity contribution is 0.103. The molecule has 2 heterocycles. The molecule has 1 N–H and O–H groups in total. The van der Waals surface area contributed by atoms with Crippen molar-refractivity contribution in [1.82, 2.24) is 15.1 Å². The molecule has 0 bridgehead atoms. The number of aliphatic hydroxyl groups excluding tert-OH is 1. The van der Waals surface area contributed by atoms with Crippen molar-refractivity contribution < 1.29 is 9.52 Å². The van der Waals surface area contributed by atoms with Gasteiger partial charge in [-0.3, -0.25) is 0 Å². The van der Waals surface area contributed by atoms with E-state index in [0.717, 1.165) is 44.8 Å². The minimum atomic E-state index is 0.349. The van der Waals surface area contributed by atoms with Gasteiger partial charge in [0.15, 0.2) is 0 Å². The lowest BCUT2D eigenvalue weighted by Gasteiger charge is -2.40. The van der Waals surface area contributed by atoms with E-state index in [9.17, 15) is 5.11 Å². The third kappa shape index (κ3) is 4.74. The Morgan fingerprint density at radius 2 is 1.96 bits per heavy atom. The zero-order valence-corrected chi connectivity index (χ0v) is 16.8. The lowest BCUT2D eigenvalue weighted by atomic mass is 9.69. The van der Waals surface area contributed by atoms with Crippen molar-refractivity contribution in [3.8, 4) is 0 Å². The van der Waals surface area contributed by atoms with Crippen molar-refractivity contribution in [2.75, 3.05) is 26.2 Å². The van der Waals surface area contributed by atoms with Crippen molar-refractivity contribution in [3.63, 3.8) is 0 Å². The van der Waals surface area contributed by atoms with E-state index in [1.165, 1.54) is 12.0 Å². The van der Waals surface area contributed by atoms with E-state index in [1.54, 1.807) is 0 Å². The van der Waals surface area contributed by atoms with E-state index in [0.29, 0.717) is 42.1 Å². The zero-order chi connectivity index (χ0) is 18.7. The number of aliphatic hydroxyl groups is 1. The van der Waals surface area contributed by atoms with Crippen LogP contribution in [0.2, 0.25) is 0 Å². The molecule has 0 radical (unpaired) electrons. The molecule has 0 aromatic carbocycles. The molecule has 5 nitrogen and oxygen atoms in total. The van der Waals surface area contributed by atoms with Gasteiger partial charge in [0.25, 0.3) is 0 Å². The molecule has 1 fully saturated rings. The van der Waals surface area contributed by atoms with Gasteiger partial charge in [0.2, 0.25) is 11.8 Å². The largest absolute Gasteiger partial charge is 0.426 e. The highest BCUT2D eigenvalue weighted by atomic mass is 16.4. The summed E-state index contributed by atoms with van der Waals surface area (Å²) in [6.45, 7) is 12.6. The molecule has 146 valence electrons. The Morgan fingerprint density at radius 1 is 1.23 bits per heavy atom. The minimum Gasteiger partial charge on any atom is -0.426 e. The predicted octanol–water partition coefficient (Wildman–Crippen LogP) is 3.48. The van der Waals surface area contributed by atoms with Gasteiger partial charge in [0.1, 0.15) is 0 Å². The van der Waals surface area contributed by atoms with Crippen molar-refractivity contribution in [2.45, 2.75) is 53.4 Å². The van der Waals surface area contributed by atoms with Crippen LogP contribution in [-0.2, 0) is 6.42 Å². The summed E-state index contributed by atoms with van der Waals surface area (Å²) in [6, 6.07) is 0. The van der Waals surface area contributed by atoms with Crippen LogP contribution < -0.4 is 0 Å². The van der Waals surface area contributed by atoms with Crippen molar-refractivity contribution >= 4 is 0 Å². The first kappa shape index (κ1) is 19.6. The standard InChI is InChI=1S/C21H35N3O2/c1-14(2)20-10-18(11-21-23-22-16(4)26-21)15(3)9-19(20)12-24-7-5-17(13-25)6-8-24/h9,14,17-20,25H,5-8,10-13H2,1-4H3. The number of nitrogens with zero attached hydrogens (tertiary/aromatic N) is 3. The molecule has 3 atom stereocenters. The predicted molar refractivity (Wildman–Crippen MR) is 103 cm³/mol. The second-order valence-corrected chi connectivity index (χ2v) is 8.76. The quantitative estimate of drug-likeness (QED) is 0.786. The van der Waals surface area contributed by atoms with E-state index in [-0.39, 0.29) is 0 Å². The summed E-state index contributed by atoms with van der Waals surface area (Å²) in [5.74, 6) is 4.45. The number of piperidine rings is 1. The van der Waals surface area contributed by atoms with Crippen molar-refractivity contribution in [2.24, 2.45) is 29.6 Å². The van der Waals surface area contributed by atoms with Gasteiger partial charge in [0, 0.05) is 26.5 Å². The number of hydrogen-bond acceptors (Lipinski definition) is 5. The van der Waals surface area contributed by atoms with Gasteiger partial charge in [-0.15, -0.1) is 10.2 Å². The van der Waals surface area contributed by atoms with Crippen LogP contribution in [0.5, 0.6) is 0 Å². The first-order valence-electron chi connectivity index (χ1n) is 10.3. The number of allylic oxidation sites excluding steroid dienone is 1. The molecular formula is C21H35N3O2. The van der Waals surface area contributed by atoms with Gasteiger partial charge in [-0.05, 0) is 68.9 Å². The molecule has 1 aromatic rings. The molecule has 1 saturated heterocycles. The average molecular weight is 362 g/mol. The third-order valence-corrected chi connectivity index (χ3v) is 6.51. The Labute approximate surface area is 157 Å². The average Bonchev–Trinajstić information content (AvgIpc) is 3.02. The smallest absolute Gasteiger partial charge is 0.217 e. The maximum Gasteiger partial charge on any atom is 0.217 e. The van der Waals surface area contributed by atoms with Crippen LogP contribution in [0.4, 0.5) is 0 Å². The summed E-state index contributed by atoms with van der Waals surface area (Å²) in [5, 5.41) is 17.5. The Bertz CT molecular complexity index is 602. The second-order valence-electron chi connectivity index (χ2n) is 8.76. The van der Waals surface area contributed by atoms with Gasteiger partial charge in [0.05, 0.1) is 0 Å². The number of aromatic nitrogens is 2. The van der Waals surface area contributed by atoms with Crippen LogP contribution in [0.15, 0.2) is 16.1 Å². The van der Waals surface area contributed by atoms with Crippen LogP contribution in [0.25, 0.3) is 0 Å². The monoisotopic (exact) mass is 361 g/mol. The molecule has 3 unspecified atom stereocenters. The molecule has 0 spiro atoms. The molecule has 0 saturated carbocycles. The first-order chi connectivity index (χ1) is 12.5. The van der Waals surface area contributed by atoms with Gasteiger partial charge in [-0.25, -0.2) is 0 Å². The maximum atomic E-state index is 9.35. The normalized spacial score (nSPS) is 28.5. The Morgan fingerprint density at radius 3 is 2.54 bits per heavy atom. The molecule has 1 aromatic heterocycles. The molecule has 1 aliphatic heterocycles. The van der Waals surface area contributed by atoms with E-state index in [4.69, 9.17) is 4.42 Å². The van der Waals surface area contributed by atoms with Crippen LogP contribution in [0.3, 0.4) is 0 Å². The molecule has 1 aliphatic carbocycles. The fourth-order valence-electron chi connectivity index (χ4n) is 4.77. The second kappa shape index (κ2) is 8.66. The van der Waals surface area contributed by atoms with E-state index in [1.807, 2.05) is 6.92 Å². The summed E-state index contributed by atoms with van der Waals surface area (Å²) in [4.78, 5) is 2.61. The summed E-state index contributed by atoms with van der Waals surface area (Å²) in [5.41, 5.74) is 1.48. The van der Waals surface area contributed by atoms with Crippen molar-refractivity contribution in [1.29, 1.82) is 0 Å². The van der Waals surface area contributed by atoms with Crippen LogP contribution in [0.1, 0.15) is 51.8 Å². The highest BCUT2D eigenvalue weighted by molar-refractivity contribution is 5.14. The van der Waals surface area contributed by atoms with Crippen LogP contribution in [0, 0.1) is 36.5 Å². The third-order valence-electron chi connectivity index (χ3n) is 6.51. The van der Waals surface area contributed by atoms with Crippen molar-refractivity contribution in [3.05, 3.63) is 23.4 Å². The Kier molecular flexibility index (Phi) is 6.51. The Hall–Kier alpha value is -1.20. The zero-order valence-electron chi connectivity index (χ0n) is 16.8. The SMILES string of the molecule is CC1=CC(CN2CCC(CO)CC2)C(C(C)C)CC1Cc1nnc(C)o1. The maximum absolute atomic E-state index is 9.35. The molecule has 0 amide bonds. The summed E-state index contributed by atoms with van der Waals surface area (Å²) in [6.07, 6.45) is 6.87. The van der Waals surface area contributed by atoms with E-state index < -0.39 is 0 Å². The van der Waals surface area contributed by atoms with Gasteiger partial charge < -0.3 is 14.4 Å². The van der Waals surface area contributed by atoms with Gasteiger partial charge in [-0.1, -0.05) is 25.5 Å². The topological polar surface area (TPSA) is 62.4 Å². The number of hydrogen-bond donors (Lipinski definition) is 1.